The monoisotopic (exact) mass is 596 g/mol. The van der Waals surface area contributed by atoms with Gasteiger partial charge in [-0.25, -0.2) is 9.97 Å². The Labute approximate surface area is 230 Å². The van der Waals surface area contributed by atoms with Gasteiger partial charge in [-0.3, -0.25) is 28.7 Å². The molecule has 2 aliphatic heterocycles. The van der Waals surface area contributed by atoms with Crippen LogP contribution in [0, 0.1) is 0 Å². The standard InChI is InChI=1S/C20H24N10O8S2/c21-19-25-13-7(15(35)27-19)23-3-29(13)17-11(33)9(31)5(37-17)1-39-40-2-6-10(32)12(34)18(38-6)30-4-24-8-14(30)26-20(22)28-16(8)36/h3-6,9-12,17-18,31-34H,1-2H2,(H3,21,25,27,35)(H3,22,26,28,36)/t5-,6-,9-,10-,11-,12-,17-,18-/m1/s1. The number of aliphatic hydroxyl groups is 4. The van der Waals surface area contributed by atoms with Crippen LogP contribution in [0.1, 0.15) is 12.5 Å². The van der Waals surface area contributed by atoms with E-state index < -0.39 is 60.2 Å². The Kier molecular flexibility index (Phi) is 6.94. The van der Waals surface area contributed by atoms with Crippen LogP contribution in [0.3, 0.4) is 0 Å². The van der Waals surface area contributed by atoms with Crippen molar-refractivity contribution in [1.82, 2.24) is 39.0 Å². The molecule has 18 nitrogen and oxygen atoms in total. The summed E-state index contributed by atoms with van der Waals surface area (Å²) in [6.45, 7) is 0. The summed E-state index contributed by atoms with van der Waals surface area (Å²) in [5.41, 5.74) is 10.4. The van der Waals surface area contributed by atoms with Gasteiger partial charge < -0.3 is 41.4 Å². The first kappa shape index (κ1) is 27.0. The maximum atomic E-state index is 12.1. The highest BCUT2D eigenvalue weighted by Crippen LogP contribution is 2.38. The fraction of sp³-hybridized carbons (Fsp3) is 0.500. The average Bonchev–Trinajstić information content (AvgIpc) is 3.65. The SMILES string of the molecule is Nc1nc2c(ncn2[C@@H]2O[C@H](CSSC[C@H]3O[C@@H](n4cnc5c(=O)[nH]c(N)nc54)[C@H](O)[C@@H]3O)[C@@H](O)[C@H]2O)c(=O)[nH]1. The zero-order valence-corrected chi connectivity index (χ0v) is 21.9. The Hall–Kier alpha value is -3.24. The van der Waals surface area contributed by atoms with Gasteiger partial charge in [-0.15, -0.1) is 0 Å². The van der Waals surface area contributed by atoms with Crippen molar-refractivity contribution >= 4 is 55.8 Å². The van der Waals surface area contributed by atoms with Gasteiger partial charge >= 0.3 is 0 Å². The number of fused-ring (bicyclic) bond motifs is 2. The minimum Gasteiger partial charge on any atom is -0.387 e. The van der Waals surface area contributed by atoms with Crippen LogP contribution in [0.25, 0.3) is 22.3 Å². The maximum absolute atomic E-state index is 12.1. The second-order valence-corrected chi connectivity index (χ2v) is 11.8. The van der Waals surface area contributed by atoms with E-state index in [4.69, 9.17) is 20.9 Å². The Morgan fingerprint density at radius 1 is 0.750 bits per heavy atom. The number of nitrogens with zero attached hydrogens (tertiary/aromatic N) is 6. The van der Waals surface area contributed by atoms with Crippen molar-refractivity contribution in [3.05, 3.63) is 33.4 Å². The van der Waals surface area contributed by atoms with Gasteiger partial charge in [-0.05, 0) is 0 Å². The van der Waals surface area contributed by atoms with Crippen LogP contribution in [-0.4, -0.2) is 108 Å². The van der Waals surface area contributed by atoms with Gasteiger partial charge in [0.25, 0.3) is 11.1 Å². The smallest absolute Gasteiger partial charge is 0.280 e. The molecule has 10 N–H and O–H groups in total. The molecule has 2 aliphatic rings. The number of anilines is 2. The van der Waals surface area contributed by atoms with Crippen LogP contribution in [0.4, 0.5) is 11.9 Å². The summed E-state index contributed by atoms with van der Waals surface area (Å²) < 4.78 is 14.4. The van der Waals surface area contributed by atoms with Crippen molar-refractivity contribution in [2.24, 2.45) is 0 Å². The first-order valence-corrected chi connectivity index (χ1v) is 14.3. The molecule has 4 aromatic rings. The molecule has 0 aliphatic carbocycles. The highest BCUT2D eigenvalue weighted by molar-refractivity contribution is 8.76. The van der Waals surface area contributed by atoms with E-state index >= 15 is 0 Å². The van der Waals surface area contributed by atoms with Gasteiger partial charge in [0.05, 0.1) is 24.9 Å². The number of hydrogen-bond acceptors (Lipinski definition) is 16. The van der Waals surface area contributed by atoms with Crippen LogP contribution in [0.2, 0.25) is 0 Å². The van der Waals surface area contributed by atoms with Gasteiger partial charge in [0.1, 0.15) is 24.4 Å². The number of aromatic nitrogens is 8. The normalized spacial score (nSPS) is 30.6. The summed E-state index contributed by atoms with van der Waals surface area (Å²) >= 11 is 0. The number of aromatic amines is 2. The molecule has 0 aromatic carbocycles. The number of nitrogen functional groups attached to an aromatic ring is 2. The zero-order valence-electron chi connectivity index (χ0n) is 20.3. The lowest BCUT2D eigenvalue weighted by Gasteiger charge is -2.17. The largest absolute Gasteiger partial charge is 0.387 e. The molecule has 4 aromatic heterocycles. The number of imidazole rings is 2. The van der Waals surface area contributed by atoms with Crippen molar-refractivity contribution in [2.75, 3.05) is 23.0 Å². The molecular weight excluding hydrogens is 572 g/mol. The van der Waals surface area contributed by atoms with Crippen molar-refractivity contribution < 1.29 is 29.9 Å². The number of nitrogens with one attached hydrogen (secondary N) is 2. The van der Waals surface area contributed by atoms with Crippen LogP contribution in [0.15, 0.2) is 22.2 Å². The van der Waals surface area contributed by atoms with E-state index in [0.717, 1.165) is 0 Å². The van der Waals surface area contributed by atoms with Gasteiger partial charge in [0.15, 0.2) is 34.8 Å². The summed E-state index contributed by atoms with van der Waals surface area (Å²) in [4.78, 5) is 44.9. The Morgan fingerprint density at radius 2 is 1.15 bits per heavy atom. The molecule has 0 amide bonds. The average molecular weight is 597 g/mol. The number of nitrogens with two attached hydrogens (primary N) is 2. The predicted molar refractivity (Wildman–Crippen MR) is 142 cm³/mol. The van der Waals surface area contributed by atoms with Crippen LogP contribution >= 0.6 is 21.6 Å². The predicted octanol–water partition coefficient (Wildman–Crippen LogP) is -2.96. The fourth-order valence-corrected chi connectivity index (χ4v) is 7.08. The lowest BCUT2D eigenvalue weighted by atomic mass is 10.1. The van der Waals surface area contributed by atoms with Crippen molar-refractivity contribution in [2.45, 2.75) is 49.1 Å². The van der Waals surface area contributed by atoms with Gasteiger partial charge in [-0.1, -0.05) is 21.6 Å². The molecule has 0 radical (unpaired) electrons. The van der Waals surface area contributed by atoms with E-state index in [2.05, 4.69) is 29.9 Å². The van der Waals surface area contributed by atoms with E-state index in [1.165, 1.54) is 43.4 Å². The molecule has 20 heteroatoms. The molecule has 8 atom stereocenters. The topological polar surface area (TPSA) is 279 Å². The first-order chi connectivity index (χ1) is 19.1. The van der Waals surface area contributed by atoms with Crippen LogP contribution in [0.5, 0.6) is 0 Å². The molecule has 6 rings (SSSR count). The van der Waals surface area contributed by atoms with E-state index in [-0.39, 0.29) is 45.7 Å². The quantitative estimate of drug-likeness (QED) is 0.0781. The molecule has 40 heavy (non-hydrogen) atoms. The number of ether oxygens (including phenoxy) is 2. The first-order valence-electron chi connectivity index (χ1n) is 11.9. The van der Waals surface area contributed by atoms with Crippen molar-refractivity contribution in [3.63, 3.8) is 0 Å². The van der Waals surface area contributed by atoms with E-state index in [9.17, 15) is 30.0 Å². The summed E-state index contributed by atoms with van der Waals surface area (Å²) in [6, 6.07) is 0. The highest BCUT2D eigenvalue weighted by Gasteiger charge is 2.46. The molecular formula is C20H24N10O8S2. The van der Waals surface area contributed by atoms with E-state index in [0.29, 0.717) is 0 Å². The van der Waals surface area contributed by atoms with Crippen molar-refractivity contribution in [1.29, 1.82) is 0 Å². The third kappa shape index (κ3) is 4.51. The Morgan fingerprint density at radius 3 is 1.55 bits per heavy atom. The second-order valence-electron chi connectivity index (χ2n) is 9.21. The summed E-state index contributed by atoms with van der Waals surface area (Å²) in [6.07, 6.45) is -6.26. The number of hydrogen-bond donors (Lipinski definition) is 8. The maximum Gasteiger partial charge on any atom is 0.280 e. The fourth-order valence-electron chi connectivity index (χ4n) is 4.68. The summed E-state index contributed by atoms with van der Waals surface area (Å²) in [7, 11) is 2.60. The molecule has 0 saturated carbocycles. The lowest BCUT2D eigenvalue weighted by Crippen LogP contribution is -2.33. The van der Waals surface area contributed by atoms with E-state index in [1.807, 2.05) is 0 Å². The van der Waals surface area contributed by atoms with Gasteiger partial charge in [0, 0.05) is 11.5 Å². The Balaban J connectivity index is 1.07. The second kappa shape index (κ2) is 10.3. The Bertz CT molecular complexity index is 1550. The van der Waals surface area contributed by atoms with Crippen molar-refractivity contribution in [3.8, 4) is 0 Å². The summed E-state index contributed by atoms with van der Waals surface area (Å²) in [5, 5.41) is 42.4. The van der Waals surface area contributed by atoms with Crippen LogP contribution < -0.4 is 22.6 Å². The zero-order chi connectivity index (χ0) is 28.3. The molecule has 214 valence electrons. The molecule has 0 spiro atoms. The molecule has 6 heterocycles. The lowest BCUT2D eigenvalue weighted by molar-refractivity contribution is -0.0290. The third-order valence-corrected chi connectivity index (χ3v) is 9.08. The third-order valence-electron chi connectivity index (χ3n) is 6.67. The van der Waals surface area contributed by atoms with E-state index in [1.54, 1.807) is 0 Å². The number of aliphatic hydroxyl groups excluding tert-OH is 4. The minimum absolute atomic E-state index is 0.0122. The highest BCUT2D eigenvalue weighted by atomic mass is 33.1. The minimum atomic E-state index is -1.33. The van der Waals surface area contributed by atoms with Gasteiger partial charge in [-0.2, -0.15) is 9.97 Å². The van der Waals surface area contributed by atoms with Crippen LogP contribution in [-0.2, 0) is 9.47 Å². The van der Waals surface area contributed by atoms with Gasteiger partial charge in [0.2, 0.25) is 11.9 Å². The molecule has 0 bridgehead atoms. The molecule has 0 unspecified atom stereocenters. The number of H-pyrrole nitrogens is 2. The molecule has 2 fully saturated rings. The summed E-state index contributed by atoms with van der Waals surface area (Å²) in [5.74, 6) is 0.231. The molecule has 2 saturated heterocycles. The number of rotatable bonds is 7.